The summed E-state index contributed by atoms with van der Waals surface area (Å²) in [4.78, 5) is 20.2. The first-order chi connectivity index (χ1) is 19.6. The molecule has 1 aliphatic heterocycles. The van der Waals surface area contributed by atoms with E-state index in [0.29, 0.717) is 29.3 Å². The zero-order chi connectivity index (χ0) is 29.6. The zero-order valence-corrected chi connectivity index (χ0v) is 25.0. The van der Waals surface area contributed by atoms with Crippen LogP contribution in [0.4, 0.5) is 5.82 Å². The second-order valence-corrected chi connectivity index (χ2v) is 12.3. The Hall–Kier alpha value is -3.67. The Labute approximate surface area is 246 Å². The highest BCUT2D eigenvalue weighted by molar-refractivity contribution is 7.88. The van der Waals surface area contributed by atoms with Crippen LogP contribution in [0.15, 0.2) is 77.6 Å². The number of aromatic nitrogens is 3. The fourth-order valence-corrected chi connectivity index (χ4v) is 5.36. The van der Waals surface area contributed by atoms with Gasteiger partial charge in [-0.25, -0.2) is 17.9 Å². The van der Waals surface area contributed by atoms with Gasteiger partial charge in [-0.15, -0.1) is 0 Å². The molecule has 12 heteroatoms. The number of carbonyl (C=O) groups is 1. The van der Waals surface area contributed by atoms with Gasteiger partial charge in [0.25, 0.3) is 0 Å². The maximum Gasteiger partial charge on any atom is 0.250 e. The molecule has 0 spiro atoms. The van der Waals surface area contributed by atoms with E-state index in [0.717, 1.165) is 48.2 Å². The van der Waals surface area contributed by atoms with Crippen molar-refractivity contribution >= 4 is 39.0 Å². The van der Waals surface area contributed by atoms with Gasteiger partial charge in [0.1, 0.15) is 5.82 Å². The molecule has 4 N–H and O–H groups in total. The number of aryl methyl sites for hydroxylation is 1. The number of halogens is 1. The Bertz CT molecular complexity index is 1580. The lowest BCUT2D eigenvalue weighted by Gasteiger charge is -2.35. The van der Waals surface area contributed by atoms with Crippen LogP contribution >= 0.6 is 11.6 Å². The number of sulfonamides is 1. The third-order valence-electron chi connectivity index (χ3n) is 6.83. The van der Waals surface area contributed by atoms with E-state index >= 15 is 0 Å². The molecule has 1 unspecified atom stereocenters. The fraction of sp³-hybridized carbons (Fsp3) is 0.345. The summed E-state index contributed by atoms with van der Waals surface area (Å²) in [5.74, 6) is 0.609. The highest BCUT2D eigenvalue weighted by Gasteiger charge is 2.31. The molecule has 3 aromatic rings. The van der Waals surface area contributed by atoms with Gasteiger partial charge in [-0.3, -0.25) is 9.52 Å². The minimum absolute atomic E-state index is 0.0826. The minimum Gasteiger partial charge on any atom is -0.362 e. The van der Waals surface area contributed by atoms with Crippen molar-refractivity contribution in [1.29, 1.82) is 0 Å². The fourth-order valence-electron chi connectivity index (χ4n) is 4.79. The molecule has 41 heavy (non-hydrogen) atoms. The van der Waals surface area contributed by atoms with Gasteiger partial charge < -0.3 is 16.0 Å². The van der Waals surface area contributed by atoms with Crippen LogP contribution in [0, 0.1) is 6.92 Å². The third-order valence-corrected chi connectivity index (χ3v) is 7.63. The lowest BCUT2D eigenvalue weighted by molar-refractivity contribution is -0.130. The van der Waals surface area contributed by atoms with Gasteiger partial charge in [0.15, 0.2) is 5.65 Å². The van der Waals surface area contributed by atoms with E-state index in [9.17, 15) is 13.2 Å². The molecule has 3 heterocycles. The van der Waals surface area contributed by atoms with Crippen LogP contribution in [0.5, 0.6) is 0 Å². The number of allylic oxidation sites excluding steroid dienone is 4. The van der Waals surface area contributed by atoms with Crippen molar-refractivity contribution in [2.24, 2.45) is 5.73 Å². The highest BCUT2D eigenvalue weighted by Crippen LogP contribution is 2.32. The van der Waals surface area contributed by atoms with Crippen LogP contribution in [0.2, 0.25) is 0 Å². The topological polar surface area (TPSA) is 135 Å². The Morgan fingerprint density at radius 3 is 2.73 bits per heavy atom. The smallest absolute Gasteiger partial charge is 0.250 e. The lowest BCUT2D eigenvalue weighted by atomic mass is 9.98. The van der Waals surface area contributed by atoms with E-state index in [4.69, 9.17) is 27.4 Å². The number of hydrogen-bond donors (Lipinski definition) is 3. The third kappa shape index (κ3) is 7.96. The molecule has 218 valence electrons. The summed E-state index contributed by atoms with van der Waals surface area (Å²) in [7, 11) is -3.34. The maximum atomic E-state index is 13.5. The molecule has 2 aromatic heterocycles. The van der Waals surface area contributed by atoms with Crippen LogP contribution in [-0.2, 0) is 14.8 Å². The monoisotopic (exact) mass is 597 g/mol. The number of rotatable bonds is 10. The standard InChI is InChI=1S/C29H36ClN7O3S/c1-20(16-23(30)12-9-14-32-41(3,39)40)29(38)36-15-8-7-13-26(36)24-17-27-34-28(21(2)19-37(27)35-24)33-25(18-31)22-10-5-4-6-11-22/h4-6,9-12,14,16-17,19,25-26,32H,7-8,13,15,18,31H2,1-3H3,(H,33,34)/b14-9+,20-16+,23-12+/t25?,26-/m0/s1. The van der Waals surface area contributed by atoms with E-state index in [2.05, 4.69) is 10.0 Å². The molecule has 1 fully saturated rings. The summed E-state index contributed by atoms with van der Waals surface area (Å²) in [5.41, 5.74) is 10.0. The van der Waals surface area contributed by atoms with Crippen LogP contribution < -0.4 is 15.8 Å². The largest absolute Gasteiger partial charge is 0.362 e. The average molecular weight is 598 g/mol. The first-order valence-corrected chi connectivity index (χ1v) is 15.7. The second-order valence-electron chi connectivity index (χ2n) is 10.1. The van der Waals surface area contributed by atoms with Crippen molar-refractivity contribution in [3.63, 3.8) is 0 Å². The van der Waals surface area contributed by atoms with Crippen molar-refractivity contribution in [2.45, 2.75) is 45.2 Å². The minimum atomic E-state index is -3.34. The summed E-state index contributed by atoms with van der Waals surface area (Å²) >= 11 is 6.28. The molecule has 1 aliphatic rings. The number of hydrogen-bond acceptors (Lipinski definition) is 7. The first kappa shape index (κ1) is 30.3. The van der Waals surface area contributed by atoms with E-state index in [1.807, 2.05) is 54.4 Å². The molecule has 1 amide bonds. The Balaban J connectivity index is 1.54. The van der Waals surface area contributed by atoms with Gasteiger partial charge in [0.2, 0.25) is 15.9 Å². The van der Waals surface area contributed by atoms with Gasteiger partial charge in [0, 0.05) is 47.7 Å². The van der Waals surface area contributed by atoms with Crippen LogP contribution in [0.1, 0.15) is 55.1 Å². The van der Waals surface area contributed by atoms with Crippen LogP contribution in [0.25, 0.3) is 5.65 Å². The number of likely N-dealkylation sites (tertiary alicyclic amines) is 1. The molecular formula is C29H36ClN7O3S. The summed E-state index contributed by atoms with van der Waals surface area (Å²) in [5, 5.41) is 8.58. The second kappa shape index (κ2) is 13.3. The van der Waals surface area contributed by atoms with E-state index in [-0.39, 0.29) is 18.0 Å². The summed E-state index contributed by atoms with van der Waals surface area (Å²) in [6, 6.07) is 11.7. The quantitative estimate of drug-likeness (QED) is 0.234. The number of anilines is 1. The van der Waals surface area contributed by atoms with Crippen LogP contribution in [0.3, 0.4) is 0 Å². The molecule has 0 radical (unpaired) electrons. The van der Waals surface area contributed by atoms with E-state index in [1.165, 1.54) is 18.4 Å². The molecule has 0 saturated carbocycles. The number of nitrogens with two attached hydrogens (primary N) is 1. The summed E-state index contributed by atoms with van der Waals surface area (Å²) < 4.78 is 26.3. The predicted molar refractivity (Wildman–Crippen MR) is 163 cm³/mol. The number of carbonyl (C=O) groups excluding carboxylic acids is 1. The van der Waals surface area contributed by atoms with Crippen LogP contribution in [-0.4, -0.2) is 53.2 Å². The Morgan fingerprint density at radius 2 is 2.02 bits per heavy atom. The predicted octanol–water partition coefficient (Wildman–Crippen LogP) is 4.34. The molecule has 0 bridgehead atoms. The van der Waals surface area contributed by atoms with Gasteiger partial charge in [0.05, 0.1) is 24.0 Å². The number of piperidine rings is 1. The molecule has 1 aromatic carbocycles. The average Bonchev–Trinajstić information content (AvgIpc) is 3.36. The first-order valence-electron chi connectivity index (χ1n) is 13.4. The molecule has 2 atom stereocenters. The van der Waals surface area contributed by atoms with Crippen molar-refractivity contribution in [1.82, 2.24) is 24.2 Å². The molecule has 0 aliphatic carbocycles. The Morgan fingerprint density at radius 1 is 1.27 bits per heavy atom. The number of fused-ring (bicyclic) bond motifs is 1. The summed E-state index contributed by atoms with van der Waals surface area (Å²) in [6.45, 7) is 4.72. The maximum absolute atomic E-state index is 13.5. The number of amides is 1. The van der Waals surface area contributed by atoms with Crippen molar-refractivity contribution in [2.75, 3.05) is 24.7 Å². The molecule has 1 saturated heterocycles. The van der Waals surface area contributed by atoms with Crippen molar-refractivity contribution in [3.8, 4) is 0 Å². The van der Waals surface area contributed by atoms with Gasteiger partial charge in [-0.1, -0.05) is 41.9 Å². The van der Waals surface area contributed by atoms with Gasteiger partial charge >= 0.3 is 0 Å². The zero-order valence-electron chi connectivity index (χ0n) is 23.4. The molecular weight excluding hydrogens is 562 g/mol. The Kier molecular flexibility index (Phi) is 9.85. The van der Waals surface area contributed by atoms with E-state index < -0.39 is 10.0 Å². The van der Waals surface area contributed by atoms with E-state index in [1.54, 1.807) is 17.5 Å². The number of nitrogens with one attached hydrogen (secondary N) is 2. The van der Waals surface area contributed by atoms with Crippen molar-refractivity contribution < 1.29 is 13.2 Å². The lowest BCUT2D eigenvalue weighted by Crippen LogP contribution is -2.39. The SMILES string of the molecule is C\C(=C/C(Cl)=C\C=C\NS(C)(=O)=O)C(=O)N1CCCC[C@H]1c1cc2nc(NC(CN)c3ccccc3)c(C)cn2n1. The highest BCUT2D eigenvalue weighted by atomic mass is 35.5. The number of nitrogens with zero attached hydrogens (tertiary/aromatic N) is 4. The van der Waals surface area contributed by atoms with Gasteiger partial charge in [-0.2, -0.15) is 5.10 Å². The normalized spacial score (nSPS) is 17.7. The van der Waals surface area contributed by atoms with Crippen molar-refractivity contribution in [3.05, 3.63) is 94.4 Å². The molecule has 10 nitrogen and oxygen atoms in total. The molecule has 4 rings (SSSR count). The van der Waals surface area contributed by atoms with Gasteiger partial charge in [-0.05, 0) is 56.9 Å². The summed E-state index contributed by atoms with van der Waals surface area (Å²) in [6.07, 6.45) is 11.5. The number of benzene rings is 1.